The van der Waals surface area contributed by atoms with E-state index in [0.29, 0.717) is 0 Å². The Balaban J connectivity index is 1.97. The lowest BCUT2D eigenvalue weighted by molar-refractivity contribution is -0.231. The van der Waals surface area contributed by atoms with Crippen LogP contribution >= 0.6 is 0 Å². The van der Waals surface area contributed by atoms with Crippen LogP contribution in [-0.4, -0.2) is 71.9 Å². The molecular formula is C21H20O11. The highest BCUT2D eigenvalue weighted by molar-refractivity contribution is 5.89. The minimum atomic E-state index is -1.79. The Morgan fingerprint density at radius 1 is 0.812 bits per heavy atom. The first-order valence-corrected chi connectivity index (χ1v) is 9.49. The second-order valence-corrected chi connectivity index (χ2v) is 7.46. The van der Waals surface area contributed by atoms with E-state index in [1.807, 2.05) is 0 Å². The minimum absolute atomic E-state index is 0.117. The number of aromatic hydroxyl groups is 4. The molecule has 5 atom stereocenters. The van der Waals surface area contributed by atoms with E-state index in [4.69, 9.17) is 9.15 Å². The molecule has 1 aromatic heterocycles. The molecule has 11 heteroatoms. The summed E-state index contributed by atoms with van der Waals surface area (Å²) in [6, 6.07) is 5.47. The van der Waals surface area contributed by atoms with Crippen LogP contribution in [0.15, 0.2) is 39.5 Å². The molecule has 32 heavy (non-hydrogen) atoms. The Bertz CT molecular complexity index is 1230. The summed E-state index contributed by atoms with van der Waals surface area (Å²) in [5, 5.41) is 79.7. The van der Waals surface area contributed by atoms with Gasteiger partial charge in [0.2, 0.25) is 0 Å². The lowest BCUT2D eigenvalue weighted by atomic mass is 9.89. The molecule has 0 saturated carbocycles. The molecule has 2 heterocycles. The first-order valence-electron chi connectivity index (χ1n) is 9.49. The highest BCUT2D eigenvalue weighted by atomic mass is 16.5. The Kier molecular flexibility index (Phi) is 5.44. The van der Waals surface area contributed by atoms with Crippen LogP contribution in [0.1, 0.15) is 11.7 Å². The van der Waals surface area contributed by atoms with Crippen LogP contribution in [0.2, 0.25) is 0 Å². The second-order valence-electron chi connectivity index (χ2n) is 7.46. The van der Waals surface area contributed by atoms with Gasteiger partial charge in [-0.1, -0.05) is 0 Å². The zero-order chi connectivity index (χ0) is 23.3. The van der Waals surface area contributed by atoms with Gasteiger partial charge in [0, 0.05) is 17.7 Å². The predicted molar refractivity (Wildman–Crippen MR) is 107 cm³/mol. The van der Waals surface area contributed by atoms with Crippen LogP contribution in [0.4, 0.5) is 0 Å². The van der Waals surface area contributed by atoms with E-state index in [-0.39, 0.29) is 27.9 Å². The van der Waals surface area contributed by atoms with Crippen LogP contribution in [-0.2, 0) is 4.74 Å². The van der Waals surface area contributed by atoms with Crippen LogP contribution in [0.25, 0.3) is 22.3 Å². The van der Waals surface area contributed by atoms with E-state index >= 15 is 0 Å². The molecule has 170 valence electrons. The number of fused-ring (bicyclic) bond motifs is 1. The number of phenols is 4. The largest absolute Gasteiger partial charge is 0.507 e. The van der Waals surface area contributed by atoms with Gasteiger partial charge in [-0.2, -0.15) is 0 Å². The second kappa shape index (κ2) is 7.97. The van der Waals surface area contributed by atoms with Crippen molar-refractivity contribution in [2.24, 2.45) is 0 Å². The smallest absolute Gasteiger partial charge is 0.197 e. The summed E-state index contributed by atoms with van der Waals surface area (Å²) in [6.45, 7) is -0.722. The Morgan fingerprint density at radius 3 is 2.19 bits per heavy atom. The summed E-state index contributed by atoms with van der Waals surface area (Å²) in [5.74, 6) is -2.28. The highest BCUT2D eigenvalue weighted by Gasteiger charge is 2.46. The average Bonchev–Trinajstić information content (AvgIpc) is 2.74. The molecule has 4 rings (SSSR count). The molecule has 0 aliphatic carbocycles. The summed E-state index contributed by atoms with van der Waals surface area (Å²) in [6.07, 6.45) is -8.07. The number of phenolic OH excluding ortho intramolecular Hbond substituents is 4. The molecule has 1 aliphatic heterocycles. The number of hydrogen-bond acceptors (Lipinski definition) is 11. The van der Waals surface area contributed by atoms with E-state index < -0.39 is 65.6 Å². The Hall–Kier alpha value is -3.35. The summed E-state index contributed by atoms with van der Waals surface area (Å²) in [4.78, 5) is 12.8. The zero-order valence-corrected chi connectivity index (χ0v) is 16.3. The number of rotatable bonds is 3. The highest BCUT2D eigenvalue weighted by Crippen LogP contribution is 2.44. The van der Waals surface area contributed by atoms with Gasteiger partial charge < -0.3 is 50.0 Å². The van der Waals surface area contributed by atoms with Crippen molar-refractivity contribution in [3.05, 3.63) is 46.1 Å². The van der Waals surface area contributed by atoms with E-state index in [1.54, 1.807) is 0 Å². The number of benzene rings is 2. The van der Waals surface area contributed by atoms with E-state index in [2.05, 4.69) is 0 Å². The fourth-order valence-electron chi connectivity index (χ4n) is 3.76. The molecule has 11 nitrogen and oxygen atoms in total. The standard InChI is InChI=1S/C21H20O11/c22-6-14-17(28)18(29)19(30)21(32-14)16-11(26)4-10(25)15-12(27)5-13(31-20(15)16)7-1-2-8(23)9(24)3-7/h1-5,14,17-19,21-26,28-30H,6H2/t14-,17+,18+,19+,21-/m0/s1. The topological polar surface area (TPSA) is 201 Å². The van der Waals surface area contributed by atoms with Crippen LogP contribution < -0.4 is 5.43 Å². The summed E-state index contributed by atoms with van der Waals surface area (Å²) < 4.78 is 11.2. The van der Waals surface area contributed by atoms with Gasteiger partial charge in [-0.15, -0.1) is 0 Å². The molecule has 1 fully saturated rings. The lowest BCUT2D eigenvalue weighted by Crippen LogP contribution is -2.55. The maximum absolute atomic E-state index is 12.8. The van der Waals surface area contributed by atoms with Crippen molar-refractivity contribution < 1.29 is 50.0 Å². The number of hydrogen-bond donors (Lipinski definition) is 8. The number of ether oxygens (including phenoxy) is 1. The van der Waals surface area contributed by atoms with Gasteiger partial charge in [-0.3, -0.25) is 4.79 Å². The third kappa shape index (κ3) is 3.42. The number of aliphatic hydroxyl groups excluding tert-OH is 4. The third-order valence-electron chi connectivity index (χ3n) is 5.43. The predicted octanol–water partition coefficient (Wildman–Crippen LogP) is -0.203. The van der Waals surface area contributed by atoms with Crippen molar-refractivity contribution in [2.75, 3.05) is 6.61 Å². The van der Waals surface area contributed by atoms with Crippen molar-refractivity contribution in [1.29, 1.82) is 0 Å². The molecule has 0 unspecified atom stereocenters. The van der Waals surface area contributed by atoms with Gasteiger partial charge in [0.1, 0.15) is 53.2 Å². The lowest BCUT2D eigenvalue weighted by Gasteiger charge is -2.40. The zero-order valence-electron chi connectivity index (χ0n) is 16.3. The van der Waals surface area contributed by atoms with Crippen LogP contribution in [0.5, 0.6) is 23.0 Å². The van der Waals surface area contributed by atoms with Gasteiger partial charge in [-0.05, 0) is 18.2 Å². The molecule has 2 aromatic carbocycles. The van der Waals surface area contributed by atoms with E-state index in [0.717, 1.165) is 24.3 Å². The fourth-order valence-corrected chi connectivity index (χ4v) is 3.76. The average molecular weight is 448 g/mol. The van der Waals surface area contributed by atoms with Gasteiger partial charge in [0.25, 0.3) is 0 Å². The molecule has 1 aliphatic rings. The summed E-state index contributed by atoms with van der Waals surface area (Å²) in [7, 11) is 0. The molecule has 0 bridgehead atoms. The van der Waals surface area contributed by atoms with Gasteiger partial charge in [0.15, 0.2) is 22.5 Å². The van der Waals surface area contributed by atoms with E-state index in [1.165, 1.54) is 6.07 Å². The molecule has 3 aromatic rings. The van der Waals surface area contributed by atoms with Gasteiger partial charge in [0.05, 0.1) is 12.2 Å². The van der Waals surface area contributed by atoms with Crippen molar-refractivity contribution >= 4 is 11.0 Å². The number of aliphatic hydroxyl groups is 4. The van der Waals surface area contributed by atoms with Crippen molar-refractivity contribution in [2.45, 2.75) is 30.5 Å². The first-order chi connectivity index (χ1) is 15.1. The van der Waals surface area contributed by atoms with Gasteiger partial charge >= 0.3 is 0 Å². The maximum atomic E-state index is 12.8. The Morgan fingerprint density at radius 2 is 1.53 bits per heavy atom. The monoisotopic (exact) mass is 448 g/mol. The molecular weight excluding hydrogens is 428 g/mol. The first kappa shape index (κ1) is 21.9. The summed E-state index contributed by atoms with van der Waals surface area (Å²) in [5.41, 5.74) is -1.27. The molecule has 0 radical (unpaired) electrons. The molecule has 0 amide bonds. The minimum Gasteiger partial charge on any atom is -0.507 e. The Labute approximate surface area is 179 Å². The van der Waals surface area contributed by atoms with Crippen molar-refractivity contribution in [3.8, 4) is 34.3 Å². The molecule has 1 saturated heterocycles. The van der Waals surface area contributed by atoms with Crippen LogP contribution in [0.3, 0.4) is 0 Å². The van der Waals surface area contributed by atoms with Crippen LogP contribution in [0, 0.1) is 0 Å². The third-order valence-corrected chi connectivity index (χ3v) is 5.43. The van der Waals surface area contributed by atoms with E-state index in [9.17, 15) is 45.6 Å². The van der Waals surface area contributed by atoms with Crippen molar-refractivity contribution in [3.63, 3.8) is 0 Å². The van der Waals surface area contributed by atoms with Crippen molar-refractivity contribution in [1.82, 2.24) is 0 Å². The van der Waals surface area contributed by atoms with Gasteiger partial charge in [-0.25, -0.2) is 0 Å². The maximum Gasteiger partial charge on any atom is 0.197 e. The molecule has 0 spiro atoms. The normalized spacial score (nSPS) is 25.8. The quantitative estimate of drug-likeness (QED) is 0.247. The summed E-state index contributed by atoms with van der Waals surface area (Å²) >= 11 is 0. The fraction of sp³-hybridized carbons (Fsp3) is 0.286. The molecule has 8 N–H and O–H groups in total. The SMILES string of the molecule is O=c1cc(-c2ccc(O)c(O)c2)oc2c([C@@H]3O[C@@H](CO)[C@@H](O)[C@@H](O)[C@H]3O)c(O)cc(O)c12.